The quantitative estimate of drug-likeness (QED) is 0.554. The molecule has 2 aromatic rings. The van der Waals surface area contributed by atoms with Crippen molar-refractivity contribution < 1.29 is 18.1 Å². The third-order valence-corrected chi connectivity index (χ3v) is 6.96. The molecule has 8 nitrogen and oxygen atoms in total. The minimum absolute atomic E-state index is 0.00635. The molecule has 0 amide bonds. The topological polar surface area (TPSA) is 102 Å². The van der Waals surface area contributed by atoms with Gasteiger partial charge in [0.1, 0.15) is 0 Å². The summed E-state index contributed by atoms with van der Waals surface area (Å²) >= 11 is 1.59. The van der Waals surface area contributed by atoms with Crippen LogP contribution in [0.4, 0.5) is 5.69 Å². The van der Waals surface area contributed by atoms with Gasteiger partial charge in [-0.2, -0.15) is 0 Å². The fourth-order valence-electron chi connectivity index (χ4n) is 3.18. The Bertz CT molecular complexity index is 862. The third-order valence-electron chi connectivity index (χ3n) is 4.45. The SMILES string of the molecule is C[C@@H](NS(=O)(=O)c1ccc([N+](=O)[O-])cc1)[C@H](c1cccs1)N1CCOCC1. The first-order chi connectivity index (χ1) is 12.9. The number of ether oxygens (including phenoxy) is 1. The second kappa shape index (κ2) is 8.44. The number of morpholine rings is 1. The standard InChI is InChI=1S/C17H21N3O5S2/c1-13(17(16-3-2-12-26-16)19-8-10-25-11-9-19)18-27(23,24)15-6-4-14(5-7-15)20(21)22/h2-7,12-13,17-18H,8-11H2,1H3/t13-,17-/m1/s1. The van der Waals surface area contributed by atoms with E-state index in [1.54, 1.807) is 11.3 Å². The van der Waals surface area contributed by atoms with Crippen molar-refractivity contribution in [1.82, 2.24) is 9.62 Å². The Morgan fingerprint density at radius 2 is 1.89 bits per heavy atom. The summed E-state index contributed by atoms with van der Waals surface area (Å²) < 4.78 is 33.7. The maximum absolute atomic E-state index is 12.8. The van der Waals surface area contributed by atoms with Crippen molar-refractivity contribution in [2.75, 3.05) is 26.3 Å². The molecule has 2 atom stereocenters. The number of nitrogens with one attached hydrogen (secondary N) is 1. The number of nitrogens with zero attached hydrogens (tertiary/aromatic N) is 2. The first-order valence-electron chi connectivity index (χ1n) is 8.50. The van der Waals surface area contributed by atoms with Crippen LogP contribution in [-0.2, 0) is 14.8 Å². The monoisotopic (exact) mass is 411 g/mol. The summed E-state index contributed by atoms with van der Waals surface area (Å²) in [6, 6.07) is 8.34. The molecule has 0 unspecified atom stereocenters. The lowest BCUT2D eigenvalue weighted by molar-refractivity contribution is -0.384. The van der Waals surface area contributed by atoms with Crippen LogP contribution in [0.3, 0.4) is 0 Å². The molecule has 1 N–H and O–H groups in total. The van der Waals surface area contributed by atoms with Crippen LogP contribution in [0.25, 0.3) is 0 Å². The highest BCUT2D eigenvalue weighted by molar-refractivity contribution is 7.89. The number of non-ortho nitro benzene ring substituents is 1. The summed E-state index contributed by atoms with van der Waals surface area (Å²) in [5.41, 5.74) is -0.147. The van der Waals surface area contributed by atoms with E-state index in [1.165, 1.54) is 24.3 Å². The Hall–Kier alpha value is -1.85. The number of nitro benzene ring substituents is 1. The van der Waals surface area contributed by atoms with Crippen molar-refractivity contribution in [2.24, 2.45) is 0 Å². The van der Waals surface area contributed by atoms with Crippen LogP contribution >= 0.6 is 11.3 Å². The fraction of sp³-hybridized carbons (Fsp3) is 0.412. The molecule has 27 heavy (non-hydrogen) atoms. The summed E-state index contributed by atoms with van der Waals surface area (Å²) in [6.45, 7) is 4.52. The highest BCUT2D eigenvalue weighted by Gasteiger charge is 2.31. The summed E-state index contributed by atoms with van der Waals surface area (Å²) in [5, 5.41) is 12.7. The Morgan fingerprint density at radius 1 is 1.22 bits per heavy atom. The van der Waals surface area contributed by atoms with Crippen LogP contribution in [0.15, 0.2) is 46.7 Å². The average Bonchev–Trinajstić information content (AvgIpc) is 3.16. The molecule has 1 fully saturated rings. The van der Waals surface area contributed by atoms with Crippen molar-refractivity contribution >= 4 is 27.0 Å². The highest BCUT2D eigenvalue weighted by Crippen LogP contribution is 2.30. The highest BCUT2D eigenvalue weighted by atomic mass is 32.2. The molecule has 0 bridgehead atoms. The molecule has 0 spiro atoms. The Balaban J connectivity index is 1.81. The molecule has 1 aliphatic heterocycles. The van der Waals surface area contributed by atoms with E-state index in [-0.39, 0.29) is 22.7 Å². The van der Waals surface area contributed by atoms with Gasteiger partial charge in [0.15, 0.2) is 0 Å². The van der Waals surface area contributed by atoms with Gasteiger partial charge in [-0.15, -0.1) is 11.3 Å². The fourth-order valence-corrected chi connectivity index (χ4v) is 5.39. The molecule has 0 radical (unpaired) electrons. The molecule has 3 rings (SSSR count). The maximum Gasteiger partial charge on any atom is 0.269 e. The number of rotatable bonds is 7. The van der Waals surface area contributed by atoms with Crippen molar-refractivity contribution in [3.63, 3.8) is 0 Å². The van der Waals surface area contributed by atoms with E-state index in [4.69, 9.17) is 4.74 Å². The normalized spacial score (nSPS) is 18.1. The molecule has 146 valence electrons. The zero-order valence-corrected chi connectivity index (χ0v) is 16.4. The first kappa shape index (κ1) is 19.9. The van der Waals surface area contributed by atoms with Gasteiger partial charge in [0.25, 0.3) is 5.69 Å². The Labute approximate surface area is 162 Å². The van der Waals surface area contributed by atoms with Crippen molar-refractivity contribution in [3.8, 4) is 0 Å². The van der Waals surface area contributed by atoms with Gasteiger partial charge in [-0.3, -0.25) is 15.0 Å². The van der Waals surface area contributed by atoms with E-state index in [2.05, 4.69) is 9.62 Å². The molecule has 10 heteroatoms. The van der Waals surface area contributed by atoms with Crippen LogP contribution in [0.2, 0.25) is 0 Å². The summed E-state index contributed by atoms with van der Waals surface area (Å²) in [5.74, 6) is 0. The predicted molar refractivity (Wildman–Crippen MR) is 102 cm³/mol. The summed E-state index contributed by atoms with van der Waals surface area (Å²) in [7, 11) is -3.80. The summed E-state index contributed by atoms with van der Waals surface area (Å²) in [4.78, 5) is 13.5. The number of thiophene rings is 1. The number of benzene rings is 1. The Kier molecular flexibility index (Phi) is 6.22. The van der Waals surface area contributed by atoms with E-state index in [0.29, 0.717) is 13.2 Å². The zero-order chi connectivity index (χ0) is 19.4. The molecular formula is C17H21N3O5S2. The minimum Gasteiger partial charge on any atom is -0.379 e. The van der Waals surface area contributed by atoms with Crippen molar-refractivity contribution in [2.45, 2.75) is 23.9 Å². The second-order valence-electron chi connectivity index (χ2n) is 6.27. The molecule has 2 heterocycles. The third kappa shape index (κ3) is 4.71. The molecule has 0 aliphatic carbocycles. The largest absolute Gasteiger partial charge is 0.379 e. The number of hydrogen-bond acceptors (Lipinski definition) is 7. The number of nitro groups is 1. The van der Waals surface area contributed by atoms with Gasteiger partial charge in [-0.05, 0) is 30.5 Å². The van der Waals surface area contributed by atoms with Gasteiger partial charge < -0.3 is 4.74 Å². The van der Waals surface area contributed by atoms with Gasteiger partial charge in [0, 0.05) is 36.1 Å². The van der Waals surface area contributed by atoms with Crippen LogP contribution in [0, 0.1) is 10.1 Å². The van der Waals surface area contributed by atoms with Crippen LogP contribution < -0.4 is 4.72 Å². The van der Waals surface area contributed by atoms with E-state index in [9.17, 15) is 18.5 Å². The molecular weight excluding hydrogens is 390 g/mol. The van der Waals surface area contributed by atoms with Crippen molar-refractivity contribution in [1.29, 1.82) is 0 Å². The van der Waals surface area contributed by atoms with E-state index in [1.807, 2.05) is 24.4 Å². The van der Waals surface area contributed by atoms with Crippen molar-refractivity contribution in [3.05, 3.63) is 56.8 Å². The lowest BCUT2D eigenvalue weighted by Crippen LogP contribution is -2.48. The Morgan fingerprint density at radius 3 is 2.44 bits per heavy atom. The lowest BCUT2D eigenvalue weighted by Gasteiger charge is -2.37. The van der Waals surface area contributed by atoms with E-state index < -0.39 is 14.9 Å². The van der Waals surface area contributed by atoms with Crippen LogP contribution in [0.1, 0.15) is 17.8 Å². The predicted octanol–water partition coefficient (Wildman–Crippen LogP) is 2.40. The van der Waals surface area contributed by atoms with Gasteiger partial charge >= 0.3 is 0 Å². The van der Waals surface area contributed by atoms with Crippen LogP contribution in [0.5, 0.6) is 0 Å². The molecule has 0 saturated carbocycles. The maximum atomic E-state index is 12.8. The van der Waals surface area contributed by atoms with E-state index in [0.717, 1.165) is 18.0 Å². The minimum atomic E-state index is -3.80. The number of sulfonamides is 1. The second-order valence-corrected chi connectivity index (χ2v) is 8.96. The molecule has 1 aromatic heterocycles. The first-order valence-corrected chi connectivity index (χ1v) is 10.9. The van der Waals surface area contributed by atoms with Gasteiger partial charge in [0.05, 0.1) is 29.1 Å². The molecule has 1 aromatic carbocycles. The molecule has 1 saturated heterocycles. The van der Waals surface area contributed by atoms with Gasteiger partial charge in [-0.25, -0.2) is 13.1 Å². The van der Waals surface area contributed by atoms with Gasteiger partial charge in [0.2, 0.25) is 10.0 Å². The average molecular weight is 412 g/mol. The lowest BCUT2D eigenvalue weighted by atomic mass is 10.1. The molecule has 1 aliphatic rings. The number of hydrogen-bond donors (Lipinski definition) is 1. The summed E-state index contributed by atoms with van der Waals surface area (Å²) in [6.07, 6.45) is 0. The smallest absolute Gasteiger partial charge is 0.269 e. The van der Waals surface area contributed by atoms with Gasteiger partial charge in [-0.1, -0.05) is 6.07 Å². The van der Waals surface area contributed by atoms with E-state index >= 15 is 0 Å². The van der Waals surface area contributed by atoms with Crippen LogP contribution in [-0.4, -0.2) is 50.6 Å². The zero-order valence-electron chi connectivity index (χ0n) is 14.8.